The summed E-state index contributed by atoms with van der Waals surface area (Å²) in [7, 11) is 0. The molecule has 0 spiro atoms. The Kier molecular flexibility index (Phi) is 5.45. The molecule has 0 N–H and O–H groups in total. The molecule has 0 fully saturated rings. The third-order valence-corrected chi connectivity index (χ3v) is 5.50. The normalized spacial score (nSPS) is 19.0. The summed E-state index contributed by atoms with van der Waals surface area (Å²) in [4.78, 5) is 16.6. The number of esters is 1. The molecule has 1 heterocycles. The molecule has 3 rings (SSSR count). The van der Waals surface area contributed by atoms with Crippen molar-refractivity contribution in [1.29, 1.82) is 0 Å². The number of carbonyl (C=O) groups is 1. The van der Waals surface area contributed by atoms with Crippen LogP contribution >= 0.6 is 23.2 Å². The van der Waals surface area contributed by atoms with Crippen LogP contribution in [0.15, 0.2) is 54.0 Å². The second-order valence-corrected chi connectivity index (χ2v) is 7.78. The van der Waals surface area contributed by atoms with Gasteiger partial charge < -0.3 is 4.74 Å². The number of rotatable bonds is 5. The molecule has 1 aliphatic rings. The lowest BCUT2D eigenvalue weighted by molar-refractivity contribution is -0.143. The summed E-state index contributed by atoms with van der Waals surface area (Å²) >= 11 is 12.8. The number of fused-ring (bicyclic) bond motifs is 1. The molecule has 0 aromatic heterocycles. The summed E-state index contributed by atoms with van der Waals surface area (Å²) in [5.41, 5.74) is 2.83. The number of nitrogens with zero attached hydrogens (tertiary/aromatic N) is 1. The molecule has 0 saturated heterocycles. The maximum atomic E-state index is 12.0. The first-order valence-electron chi connectivity index (χ1n) is 8.78. The van der Waals surface area contributed by atoms with Crippen molar-refractivity contribution < 1.29 is 9.53 Å². The highest BCUT2D eigenvalue weighted by molar-refractivity contribution is 6.36. The number of hydrogen-bond donors (Lipinski definition) is 0. The second kappa shape index (κ2) is 7.49. The third-order valence-electron chi connectivity index (χ3n) is 4.98. The van der Waals surface area contributed by atoms with Gasteiger partial charge in [-0.15, -0.1) is 0 Å². The van der Waals surface area contributed by atoms with Gasteiger partial charge in [0.2, 0.25) is 0 Å². The van der Waals surface area contributed by atoms with E-state index in [0.717, 1.165) is 22.8 Å². The highest BCUT2D eigenvalue weighted by Gasteiger charge is 2.48. The molecule has 0 radical (unpaired) electrons. The number of ether oxygens (including phenoxy) is 1. The van der Waals surface area contributed by atoms with Crippen LogP contribution in [0.5, 0.6) is 0 Å². The van der Waals surface area contributed by atoms with Crippen molar-refractivity contribution in [3.63, 3.8) is 0 Å². The first-order valence-corrected chi connectivity index (χ1v) is 9.54. The van der Waals surface area contributed by atoms with E-state index in [1.165, 1.54) is 0 Å². The zero-order chi connectivity index (χ0) is 19.8. The van der Waals surface area contributed by atoms with Crippen LogP contribution in [0.25, 0.3) is 0 Å². The Labute approximate surface area is 169 Å². The van der Waals surface area contributed by atoms with Gasteiger partial charge in [0.05, 0.1) is 11.1 Å². The lowest BCUT2D eigenvalue weighted by Gasteiger charge is -2.36. The molecule has 3 nitrogen and oxygen atoms in total. The Morgan fingerprint density at radius 1 is 1.22 bits per heavy atom. The zero-order valence-electron chi connectivity index (χ0n) is 15.5. The molecule has 2 aromatic carbocycles. The molecular weight excluding hydrogens is 381 g/mol. The quantitative estimate of drug-likeness (QED) is 0.439. The smallest absolute Gasteiger partial charge is 0.330 e. The molecular formula is C22H21Cl2NO2. The van der Waals surface area contributed by atoms with Gasteiger partial charge >= 0.3 is 5.97 Å². The molecule has 2 unspecified atom stereocenters. The molecule has 1 aliphatic heterocycles. The average Bonchev–Trinajstić information content (AvgIpc) is 3.02. The van der Waals surface area contributed by atoms with E-state index in [2.05, 4.69) is 31.5 Å². The van der Waals surface area contributed by atoms with Crippen molar-refractivity contribution in [2.75, 3.05) is 0 Å². The molecule has 0 bridgehead atoms. The topological polar surface area (TPSA) is 38.7 Å². The molecule has 0 amide bonds. The van der Waals surface area contributed by atoms with Gasteiger partial charge in [-0.3, -0.25) is 4.99 Å². The Hall–Kier alpha value is -2.10. The van der Waals surface area contributed by atoms with Gasteiger partial charge in [0, 0.05) is 27.9 Å². The molecule has 0 aliphatic carbocycles. The van der Waals surface area contributed by atoms with Crippen LogP contribution in [0, 0.1) is 0 Å². The lowest BCUT2D eigenvalue weighted by Crippen LogP contribution is -2.42. The SMILES string of the molecule is C=CC(=O)OC(C)C1(c2ccccc2C(C)C)C=Nc2cc(Cl)cc(Cl)c21. The minimum Gasteiger partial charge on any atom is -0.458 e. The van der Waals surface area contributed by atoms with Gasteiger partial charge in [0.15, 0.2) is 0 Å². The van der Waals surface area contributed by atoms with Crippen LogP contribution < -0.4 is 0 Å². The Morgan fingerprint density at radius 3 is 2.59 bits per heavy atom. The van der Waals surface area contributed by atoms with Crippen LogP contribution in [-0.4, -0.2) is 18.3 Å². The molecule has 2 atom stereocenters. The first kappa shape index (κ1) is 19.7. The fourth-order valence-electron chi connectivity index (χ4n) is 3.73. The van der Waals surface area contributed by atoms with Gasteiger partial charge in [0.1, 0.15) is 6.10 Å². The van der Waals surface area contributed by atoms with Gasteiger partial charge in [-0.05, 0) is 36.1 Å². The predicted octanol–water partition coefficient (Wildman–Crippen LogP) is 6.24. The summed E-state index contributed by atoms with van der Waals surface area (Å²) < 4.78 is 5.68. The van der Waals surface area contributed by atoms with Crippen molar-refractivity contribution in [2.24, 2.45) is 4.99 Å². The minimum absolute atomic E-state index is 0.268. The Morgan fingerprint density at radius 2 is 1.93 bits per heavy atom. The van der Waals surface area contributed by atoms with E-state index in [4.69, 9.17) is 27.9 Å². The van der Waals surface area contributed by atoms with E-state index in [1.54, 1.807) is 12.1 Å². The van der Waals surface area contributed by atoms with Crippen LogP contribution in [0.3, 0.4) is 0 Å². The van der Waals surface area contributed by atoms with Crippen LogP contribution in [-0.2, 0) is 14.9 Å². The molecule has 140 valence electrons. The fraction of sp³-hybridized carbons (Fsp3) is 0.273. The number of carbonyl (C=O) groups excluding carboxylic acids is 1. The summed E-state index contributed by atoms with van der Waals surface area (Å²) in [6.07, 6.45) is 2.43. The van der Waals surface area contributed by atoms with Crippen LogP contribution in [0.4, 0.5) is 5.69 Å². The number of hydrogen-bond acceptors (Lipinski definition) is 3. The van der Waals surface area contributed by atoms with Gasteiger partial charge in [-0.25, -0.2) is 4.79 Å². The average molecular weight is 402 g/mol. The van der Waals surface area contributed by atoms with Crippen molar-refractivity contribution in [3.05, 3.63) is 75.8 Å². The highest BCUT2D eigenvalue weighted by Crippen LogP contribution is 2.50. The zero-order valence-corrected chi connectivity index (χ0v) is 17.0. The lowest BCUT2D eigenvalue weighted by atomic mass is 9.69. The maximum Gasteiger partial charge on any atom is 0.330 e. The van der Waals surface area contributed by atoms with E-state index >= 15 is 0 Å². The molecule has 27 heavy (non-hydrogen) atoms. The summed E-state index contributed by atoms with van der Waals surface area (Å²) in [5, 5.41) is 1.01. The van der Waals surface area contributed by atoms with Crippen molar-refractivity contribution in [1.82, 2.24) is 0 Å². The highest BCUT2D eigenvalue weighted by atomic mass is 35.5. The Bertz CT molecular complexity index is 936. The van der Waals surface area contributed by atoms with Crippen molar-refractivity contribution in [3.8, 4) is 0 Å². The van der Waals surface area contributed by atoms with E-state index in [-0.39, 0.29) is 5.92 Å². The molecule has 2 aromatic rings. The maximum absolute atomic E-state index is 12.0. The fourth-order valence-corrected chi connectivity index (χ4v) is 4.37. The number of aliphatic imine (C=N–C) groups is 1. The largest absolute Gasteiger partial charge is 0.458 e. The number of halogens is 2. The van der Waals surface area contributed by atoms with E-state index < -0.39 is 17.5 Å². The van der Waals surface area contributed by atoms with Gasteiger partial charge in [0.25, 0.3) is 0 Å². The van der Waals surface area contributed by atoms with Gasteiger partial charge in [-0.2, -0.15) is 0 Å². The van der Waals surface area contributed by atoms with Gasteiger partial charge in [-0.1, -0.05) is 67.9 Å². The monoisotopic (exact) mass is 401 g/mol. The van der Waals surface area contributed by atoms with E-state index in [0.29, 0.717) is 15.7 Å². The third kappa shape index (κ3) is 3.30. The summed E-state index contributed by atoms with van der Waals surface area (Å²) in [6, 6.07) is 11.6. The minimum atomic E-state index is -0.809. The first-order chi connectivity index (χ1) is 12.8. The molecule has 0 saturated carbocycles. The Balaban J connectivity index is 2.32. The van der Waals surface area contributed by atoms with Crippen molar-refractivity contribution in [2.45, 2.75) is 38.2 Å². The molecule has 5 heteroatoms. The van der Waals surface area contributed by atoms with E-state index in [1.807, 2.05) is 31.3 Å². The number of benzene rings is 2. The summed E-state index contributed by atoms with van der Waals surface area (Å²) in [6.45, 7) is 9.61. The standard InChI is InChI=1S/C22H21Cl2NO2/c1-5-20(26)27-14(4)22(17-9-7-6-8-16(17)13(2)3)12-25-19-11-15(23)10-18(24)21(19)22/h5-14H,1H2,2-4H3. The van der Waals surface area contributed by atoms with Crippen molar-refractivity contribution >= 4 is 41.1 Å². The van der Waals surface area contributed by atoms with Crippen LogP contribution in [0.2, 0.25) is 10.0 Å². The predicted molar refractivity (Wildman–Crippen MR) is 112 cm³/mol. The second-order valence-electron chi connectivity index (χ2n) is 6.93. The van der Waals surface area contributed by atoms with Crippen LogP contribution in [0.1, 0.15) is 43.4 Å². The summed E-state index contributed by atoms with van der Waals surface area (Å²) in [5.74, 6) is -0.222. The van der Waals surface area contributed by atoms with E-state index in [9.17, 15) is 4.79 Å².